The number of amides is 1. The number of H-pyrrole nitrogens is 1. The third kappa shape index (κ3) is 3.12. The third-order valence-corrected chi connectivity index (χ3v) is 5.80. The van der Waals surface area contributed by atoms with Crippen LogP contribution in [0.1, 0.15) is 21.5 Å². The molecule has 1 aromatic carbocycles. The van der Waals surface area contributed by atoms with Crippen molar-refractivity contribution in [3.63, 3.8) is 0 Å². The van der Waals surface area contributed by atoms with Crippen LogP contribution < -0.4 is 4.90 Å². The zero-order valence-electron chi connectivity index (χ0n) is 15.0. The number of nitrogens with one attached hydrogen (secondary N) is 1. The van der Waals surface area contributed by atoms with Crippen LogP contribution in [0.25, 0.3) is 10.6 Å². The minimum Gasteiger partial charge on any atom is -0.368 e. The summed E-state index contributed by atoms with van der Waals surface area (Å²) in [7, 11) is 0. The van der Waals surface area contributed by atoms with Crippen molar-refractivity contribution < 1.29 is 4.79 Å². The van der Waals surface area contributed by atoms with Crippen molar-refractivity contribution in [3.8, 4) is 10.6 Å². The molecule has 6 heteroatoms. The summed E-state index contributed by atoms with van der Waals surface area (Å²) in [6.45, 7) is 7.41. The molecule has 1 fully saturated rings. The zero-order valence-corrected chi connectivity index (χ0v) is 15.8. The second-order valence-corrected chi connectivity index (χ2v) is 7.65. The van der Waals surface area contributed by atoms with Crippen LogP contribution in [-0.4, -0.2) is 47.2 Å². The minimum atomic E-state index is 0.0581. The molecule has 0 atom stereocenters. The summed E-state index contributed by atoms with van der Waals surface area (Å²) in [5.74, 6) is 0.0581. The van der Waals surface area contributed by atoms with Gasteiger partial charge in [0.05, 0.1) is 22.3 Å². The average molecular weight is 366 g/mol. The maximum Gasteiger partial charge on any atom is 0.257 e. The summed E-state index contributed by atoms with van der Waals surface area (Å²) in [5, 5.41) is 9.09. The standard InChI is InChI=1S/C20H22N4OS/c1-14-5-6-15(2)17(12-14)23-7-9-24(10-8-23)20(25)16-13-21-22-19(16)18-4-3-11-26-18/h3-6,11-13H,7-10H2,1-2H3,(H,21,22). The first-order valence-corrected chi connectivity index (χ1v) is 9.70. The number of aryl methyl sites for hydroxylation is 2. The summed E-state index contributed by atoms with van der Waals surface area (Å²) in [6.07, 6.45) is 1.65. The van der Waals surface area contributed by atoms with Crippen LogP contribution in [0.2, 0.25) is 0 Å². The van der Waals surface area contributed by atoms with Crippen molar-refractivity contribution >= 4 is 22.9 Å². The van der Waals surface area contributed by atoms with Crippen LogP contribution in [0.5, 0.6) is 0 Å². The molecule has 0 saturated carbocycles. The van der Waals surface area contributed by atoms with Crippen LogP contribution in [0.4, 0.5) is 5.69 Å². The Labute approximate surface area is 157 Å². The van der Waals surface area contributed by atoms with Crippen LogP contribution >= 0.6 is 11.3 Å². The summed E-state index contributed by atoms with van der Waals surface area (Å²) in [4.78, 5) is 18.3. The molecule has 0 unspecified atom stereocenters. The molecule has 3 aromatic rings. The normalized spacial score (nSPS) is 14.7. The first-order chi connectivity index (χ1) is 12.6. The number of aromatic nitrogens is 2. The number of carbonyl (C=O) groups is 1. The van der Waals surface area contributed by atoms with Crippen LogP contribution in [-0.2, 0) is 0 Å². The van der Waals surface area contributed by atoms with Gasteiger partial charge >= 0.3 is 0 Å². The van der Waals surface area contributed by atoms with Gasteiger partial charge in [0, 0.05) is 31.9 Å². The van der Waals surface area contributed by atoms with E-state index in [-0.39, 0.29) is 5.91 Å². The lowest BCUT2D eigenvalue weighted by Crippen LogP contribution is -2.49. The largest absolute Gasteiger partial charge is 0.368 e. The summed E-state index contributed by atoms with van der Waals surface area (Å²) >= 11 is 1.61. The quantitative estimate of drug-likeness (QED) is 0.769. The van der Waals surface area contributed by atoms with E-state index in [0.717, 1.165) is 36.8 Å². The third-order valence-electron chi connectivity index (χ3n) is 4.91. The van der Waals surface area contributed by atoms with E-state index < -0.39 is 0 Å². The number of aromatic amines is 1. The van der Waals surface area contributed by atoms with E-state index in [1.165, 1.54) is 16.8 Å². The monoisotopic (exact) mass is 366 g/mol. The van der Waals surface area contributed by atoms with Gasteiger partial charge in [0.15, 0.2) is 0 Å². The van der Waals surface area contributed by atoms with Crippen LogP contribution in [0.15, 0.2) is 41.9 Å². The van der Waals surface area contributed by atoms with Gasteiger partial charge in [-0.15, -0.1) is 11.3 Å². The maximum absolute atomic E-state index is 13.0. The van der Waals surface area contributed by atoms with E-state index in [2.05, 4.69) is 47.1 Å². The molecule has 0 radical (unpaired) electrons. The highest BCUT2D eigenvalue weighted by atomic mass is 32.1. The van der Waals surface area contributed by atoms with Crippen molar-refractivity contribution in [2.24, 2.45) is 0 Å². The Morgan fingerprint density at radius 2 is 1.96 bits per heavy atom. The molecule has 0 bridgehead atoms. The van der Waals surface area contributed by atoms with Crippen molar-refractivity contribution in [1.29, 1.82) is 0 Å². The Kier molecular flexibility index (Phi) is 4.51. The Hall–Kier alpha value is -2.60. The number of carbonyl (C=O) groups excluding carboxylic acids is 1. The molecule has 1 N–H and O–H groups in total. The lowest BCUT2D eigenvalue weighted by atomic mass is 10.1. The van der Waals surface area contributed by atoms with Gasteiger partial charge in [-0.2, -0.15) is 5.10 Å². The van der Waals surface area contributed by atoms with Gasteiger partial charge in [0.2, 0.25) is 0 Å². The summed E-state index contributed by atoms with van der Waals surface area (Å²) < 4.78 is 0. The summed E-state index contributed by atoms with van der Waals surface area (Å²) in [5.41, 5.74) is 5.31. The molecule has 5 nitrogen and oxygen atoms in total. The topological polar surface area (TPSA) is 52.2 Å². The zero-order chi connectivity index (χ0) is 18.1. The molecule has 1 aliphatic heterocycles. The van der Waals surface area contributed by atoms with Gasteiger partial charge in [-0.25, -0.2) is 0 Å². The summed E-state index contributed by atoms with van der Waals surface area (Å²) in [6, 6.07) is 10.5. The lowest BCUT2D eigenvalue weighted by Gasteiger charge is -2.37. The van der Waals surface area contributed by atoms with Gasteiger partial charge in [-0.3, -0.25) is 9.89 Å². The van der Waals surface area contributed by atoms with Crippen molar-refractivity contribution in [1.82, 2.24) is 15.1 Å². The van der Waals surface area contributed by atoms with Gasteiger partial charge < -0.3 is 9.80 Å². The van der Waals surface area contributed by atoms with Crippen molar-refractivity contribution in [3.05, 3.63) is 58.6 Å². The second kappa shape index (κ2) is 6.96. The van der Waals surface area contributed by atoms with Gasteiger partial charge in [-0.1, -0.05) is 18.2 Å². The van der Waals surface area contributed by atoms with Crippen molar-refractivity contribution in [2.45, 2.75) is 13.8 Å². The smallest absolute Gasteiger partial charge is 0.257 e. The molecule has 26 heavy (non-hydrogen) atoms. The molecule has 1 aliphatic rings. The average Bonchev–Trinajstić information content (AvgIpc) is 3.34. The van der Waals surface area contributed by atoms with Gasteiger partial charge in [0.1, 0.15) is 0 Å². The fourth-order valence-electron chi connectivity index (χ4n) is 3.44. The number of hydrogen-bond donors (Lipinski definition) is 1. The highest BCUT2D eigenvalue weighted by molar-refractivity contribution is 7.13. The molecule has 3 heterocycles. The van der Waals surface area contributed by atoms with Gasteiger partial charge in [-0.05, 0) is 42.5 Å². The van der Waals surface area contributed by atoms with E-state index in [4.69, 9.17) is 0 Å². The number of thiophene rings is 1. The van der Waals surface area contributed by atoms with E-state index in [0.29, 0.717) is 5.56 Å². The Morgan fingerprint density at radius 3 is 2.69 bits per heavy atom. The number of rotatable bonds is 3. The van der Waals surface area contributed by atoms with Gasteiger partial charge in [0.25, 0.3) is 5.91 Å². The van der Waals surface area contributed by atoms with Crippen LogP contribution in [0, 0.1) is 13.8 Å². The van der Waals surface area contributed by atoms with E-state index in [1.807, 2.05) is 22.4 Å². The fourth-order valence-corrected chi connectivity index (χ4v) is 4.17. The number of piperazine rings is 1. The van der Waals surface area contributed by atoms with E-state index in [1.54, 1.807) is 17.5 Å². The molecule has 1 saturated heterocycles. The predicted octanol–water partition coefficient (Wildman–Crippen LogP) is 3.72. The SMILES string of the molecule is Cc1ccc(C)c(N2CCN(C(=O)c3cn[nH]c3-c3cccs3)CC2)c1. The number of benzene rings is 1. The lowest BCUT2D eigenvalue weighted by molar-refractivity contribution is 0.0747. The molecule has 0 spiro atoms. The fraction of sp³-hybridized carbons (Fsp3) is 0.300. The highest BCUT2D eigenvalue weighted by Crippen LogP contribution is 2.28. The predicted molar refractivity (Wildman–Crippen MR) is 106 cm³/mol. The molecule has 4 rings (SSSR count). The number of nitrogens with zero attached hydrogens (tertiary/aromatic N) is 3. The Balaban J connectivity index is 1.48. The highest BCUT2D eigenvalue weighted by Gasteiger charge is 2.26. The van der Waals surface area contributed by atoms with Crippen molar-refractivity contribution in [2.75, 3.05) is 31.1 Å². The molecule has 134 valence electrons. The van der Waals surface area contributed by atoms with E-state index in [9.17, 15) is 4.79 Å². The molecule has 2 aromatic heterocycles. The molecular weight excluding hydrogens is 344 g/mol. The molecule has 0 aliphatic carbocycles. The molecule has 1 amide bonds. The second-order valence-electron chi connectivity index (χ2n) is 6.71. The first kappa shape index (κ1) is 16.8. The van der Waals surface area contributed by atoms with E-state index >= 15 is 0 Å². The Morgan fingerprint density at radius 1 is 1.15 bits per heavy atom. The number of hydrogen-bond acceptors (Lipinski definition) is 4. The maximum atomic E-state index is 13.0. The first-order valence-electron chi connectivity index (χ1n) is 8.82. The molecular formula is C20H22N4OS. The van der Waals surface area contributed by atoms with Crippen LogP contribution in [0.3, 0.4) is 0 Å². The number of anilines is 1. The Bertz CT molecular complexity index is 908. The minimum absolute atomic E-state index is 0.0581.